The molecule has 0 amide bonds. The van der Waals surface area contributed by atoms with Crippen LogP contribution in [0.25, 0.3) is 18.2 Å². The molecule has 0 saturated carbocycles. The molecule has 0 atom stereocenters. The summed E-state index contributed by atoms with van der Waals surface area (Å²) in [6.45, 7) is 0. The van der Waals surface area contributed by atoms with E-state index in [0.29, 0.717) is 0 Å². The SMILES string of the molecule is C1=CC2=NC1=CC1=CC(=Cc3c[nH]c(c3)C=c3ccc([nH]3)=C2)C=N1. The van der Waals surface area contributed by atoms with Gasteiger partial charge in [0, 0.05) is 28.8 Å². The maximum absolute atomic E-state index is 4.62. The summed E-state index contributed by atoms with van der Waals surface area (Å²) in [6.07, 6.45) is 18.2. The average Bonchev–Trinajstić information content (AvgIpc) is 3.32. The molecule has 0 radical (unpaired) electrons. The first-order valence-corrected chi connectivity index (χ1v) is 7.83. The van der Waals surface area contributed by atoms with Gasteiger partial charge < -0.3 is 9.97 Å². The standard InChI is InChI=1S/C20H14N4/c1-3-17-9-19-6-13(11-21-19)5-14-7-20(22-12-14)10-18-4-2-16(24-18)8-15(1)23-17/h1-12,21,23H. The van der Waals surface area contributed by atoms with E-state index < -0.39 is 0 Å². The predicted octanol–water partition coefficient (Wildman–Crippen LogP) is 2.21. The molecule has 2 aromatic heterocycles. The normalized spacial score (nSPS) is 17.7. The first-order chi connectivity index (χ1) is 11.8. The van der Waals surface area contributed by atoms with E-state index in [1.807, 2.05) is 36.7 Å². The number of H-pyrrole nitrogens is 2. The first-order valence-electron chi connectivity index (χ1n) is 7.83. The van der Waals surface area contributed by atoms with Crippen LogP contribution in [-0.4, -0.2) is 21.9 Å². The Balaban J connectivity index is 1.72. The van der Waals surface area contributed by atoms with Crippen molar-refractivity contribution in [1.82, 2.24) is 9.97 Å². The largest absolute Gasteiger partial charge is 0.361 e. The van der Waals surface area contributed by atoms with E-state index in [1.165, 1.54) is 0 Å². The summed E-state index contributed by atoms with van der Waals surface area (Å²) < 4.78 is 0. The number of aliphatic imine (C=N–C) groups is 2. The van der Waals surface area contributed by atoms with Gasteiger partial charge in [-0.1, -0.05) is 0 Å². The van der Waals surface area contributed by atoms with Crippen LogP contribution in [0, 0.1) is 0 Å². The van der Waals surface area contributed by atoms with Gasteiger partial charge in [0.25, 0.3) is 0 Å². The molecule has 2 N–H and O–H groups in total. The Morgan fingerprint density at radius 1 is 0.833 bits per heavy atom. The van der Waals surface area contributed by atoms with Gasteiger partial charge in [-0.2, -0.15) is 0 Å². The van der Waals surface area contributed by atoms with E-state index in [1.54, 1.807) is 0 Å². The molecule has 4 nitrogen and oxygen atoms in total. The number of fused-ring (bicyclic) bond motifs is 6. The zero-order valence-electron chi connectivity index (χ0n) is 12.8. The quantitative estimate of drug-likeness (QED) is 0.750. The lowest BCUT2D eigenvalue weighted by Crippen LogP contribution is -2.10. The van der Waals surface area contributed by atoms with Gasteiger partial charge in [-0.05, 0) is 71.9 Å². The number of nitrogens with zero attached hydrogens (tertiary/aromatic N) is 2. The second-order valence-corrected chi connectivity index (χ2v) is 5.96. The fourth-order valence-electron chi connectivity index (χ4n) is 2.97. The number of rotatable bonds is 0. The van der Waals surface area contributed by atoms with E-state index in [2.05, 4.69) is 56.4 Å². The highest BCUT2D eigenvalue weighted by atomic mass is 14.8. The zero-order chi connectivity index (χ0) is 15.9. The van der Waals surface area contributed by atoms with Crippen LogP contribution in [0.2, 0.25) is 0 Å². The molecule has 3 aliphatic rings. The van der Waals surface area contributed by atoms with E-state index in [0.717, 1.165) is 44.6 Å². The minimum absolute atomic E-state index is 0.917. The number of allylic oxidation sites excluding steroid dienone is 5. The average molecular weight is 310 g/mol. The molecule has 8 bridgehead atoms. The maximum atomic E-state index is 4.62. The highest BCUT2D eigenvalue weighted by molar-refractivity contribution is 6.19. The lowest BCUT2D eigenvalue weighted by molar-refractivity contribution is 1.26. The Morgan fingerprint density at radius 2 is 1.75 bits per heavy atom. The van der Waals surface area contributed by atoms with Gasteiger partial charge in [0.1, 0.15) is 0 Å². The lowest BCUT2D eigenvalue weighted by Gasteiger charge is -1.90. The fourth-order valence-corrected chi connectivity index (χ4v) is 2.97. The Morgan fingerprint density at radius 3 is 2.71 bits per heavy atom. The molecule has 4 heteroatoms. The molecule has 0 saturated heterocycles. The van der Waals surface area contributed by atoms with Crippen molar-refractivity contribution in [2.75, 3.05) is 0 Å². The first kappa shape index (κ1) is 13.1. The zero-order valence-corrected chi connectivity index (χ0v) is 12.8. The molecule has 2 aromatic rings. The second-order valence-electron chi connectivity index (χ2n) is 5.96. The van der Waals surface area contributed by atoms with Crippen molar-refractivity contribution in [2.45, 2.75) is 0 Å². The summed E-state index contributed by atoms with van der Waals surface area (Å²) in [5.41, 5.74) is 6.03. The van der Waals surface area contributed by atoms with Crippen LogP contribution in [0.5, 0.6) is 0 Å². The van der Waals surface area contributed by atoms with E-state index in [4.69, 9.17) is 0 Å². The van der Waals surface area contributed by atoms with Crippen LogP contribution in [-0.2, 0) is 0 Å². The Kier molecular flexibility index (Phi) is 2.76. The summed E-state index contributed by atoms with van der Waals surface area (Å²) in [6, 6.07) is 6.25. The molecule has 0 spiro atoms. The van der Waals surface area contributed by atoms with Crippen LogP contribution in [0.15, 0.2) is 75.7 Å². The van der Waals surface area contributed by atoms with Crippen LogP contribution in [0.3, 0.4) is 0 Å². The minimum Gasteiger partial charge on any atom is -0.361 e. The van der Waals surface area contributed by atoms with Crippen molar-refractivity contribution in [1.29, 1.82) is 0 Å². The number of aromatic amines is 2. The van der Waals surface area contributed by atoms with Gasteiger partial charge in [0.05, 0.1) is 17.1 Å². The highest BCUT2D eigenvalue weighted by Crippen LogP contribution is 2.20. The van der Waals surface area contributed by atoms with Gasteiger partial charge in [0.15, 0.2) is 0 Å². The topological polar surface area (TPSA) is 56.3 Å². The smallest absolute Gasteiger partial charge is 0.0659 e. The summed E-state index contributed by atoms with van der Waals surface area (Å²) in [7, 11) is 0. The summed E-state index contributed by atoms with van der Waals surface area (Å²) in [5, 5.41) is 2.09. The molecule has 3 aliphatic heterocycles. The Bertz CT molecular complexity index is 1140. The molecule has 5 heterocycles. The lowest BCUT2D eigenvalue weighted by atomic mass is 10.2. The van der Waals surface area contributed by atoms with Crippen LogP contribution in [0.4, 0.5) is 0 Å². The van der Waals surface area contributed by atoms with Gasteiger partial charge in [-0.25, -0.2) is 4.99 Å². The van der Waals surface area contributed by atoms with Crippen molar-refractivity contribution in [3.63, 3.8) is 0 Å². The Hall–Kier alpha value is -3.40. The van der Waals surface area contributed by atoms with Crippen molar-refractivity contribution >= 4 is 30.2 Å². The number of aromatic nitrogens is 2. The summed E-state index contributed by atoms with van der Waals surface area (Å²) in [4.78, 5) is 15.8. The van der Waals surface area contributed by atoms with E-state index >= 15 is 0 Å². The third-order valence-electron chi connectivity index (χ3n) is 4.06. The summed E-state index contributed by atoms with van der Waals surface area (Å²) >= 11 is 0. The number of hydrogen-bond donors (Lipinski definition) is 2. The molecule has 5 rings (SSSR count). The second kappa shape index (κ2) is 5.06. The number of hydrogen-bond acceptors (Lipinski definition) is 2. The van der Waals surface area contributed by atoms with E-state index in [-0.39, 0.29) is 0 Å². The van der Waals surface area contributed by atoms with Gasteiger partial charge in [-0.15, -0.1) is 0 Å². The molecular formula is C20H14N4. The van der Waals surface area contributed by atoms with Crippen molar-refractivity contribution < 1.29 is 0 Å². The molecule has 0 fully saturated rings. The molecule has 114 valence electrons. The number of nitrogens with one attached hydrogen (secondary N) is 2. The summed E-state index contributed by atoms with van der Waals surface area (Å²) in [5.74, 6) is 0. The van der Waals surface area contributed by atoms with Gasteiger partial charge in [0.2, 0.25) is 0 Å². The molecule has 0 aliphatic carbocycles. The maximum Gasteiger partial charge on any atom is 0.0659 e. The van der Waals surface area contributed by atoms with Crippen molar-refractivity contribution in [2.24, 2.45) is 9.98 Å². The molecule has 24 heavy (non-hydrogen) atoms. The third kappa shape index (κ3) is 2.44. The monoisotopic (exact) mass is 310 g/mol. The highest BCUT2D eigenvalue weighted by Gasteiger charge is 2.07. The van der Waals surface area contributed by atoms with Gasteiger partial charge >= 0.3 is 0 Å². The Labute approximate surface area is 138 Å². The molecule has 0 aromatic carbocycles. The van der Waals surface area contributed by atoms with Gasteiger partial charge in [-0.3, -0.25) is 4.99 Å². The third-order valence-corrected chi connectivity index (χ3v) is 4.06. The molecule has 0 unspecified atom stereocenters. The predicted molar refractivity (Wildman–Crippen MR) is 98.1 cm³/mol. The van der Waals surface area contributed by atoms with Crippen molar-refractivity contribution in [3.05, 3.63) is 87.6 Å². The minimum atomic E-state index is 0.917. The van der Waals surface area contributed by atoms with E-state index in [9.17, 15) is 0 Å². The van der Waals surface area contributed by atoms with Crippen LogP contribution < -0.4 is 10.7 Å². The van der Waals surface area contributed by atoms with Crippen LogP contribution >= 0.6 is 0 Å². The fraction of sp³-hybridized carbons (Fsp3) is 0. The molecular weight excluding hydrogens is 296 g/mol. The van der Waals surface area contributed by atoms with Crippen molar-refractivity contribution in [3.8, 4) is 0 Å². The van der Waals surface area contributed by atoms with Crippen LogP contribution in [0.1, 0.15) is 11.3 Å².